The molecule has 7 heteroatoms. The number of aromatic amines is 1. The predicted octanol–water partition coefficient (Wildman–Crippen LogP) is 6.01. The summed E-state index contributed by atoms with van der Waals surface area (Å²) in [4.78, 5) is 34.3. The molecule has 40 heavy (non-hydrogen) atoms. The monoisotopic (exact) mass is 530 g/mol. The first-order valence-electron chi connectivity index (χ1n) is 14.1. The predicted molar refractivity (Wildman–Crippen MR) is 154 cm³/mol. The summed E-state index contributed by atoms with van der Waals surface area (Å²) in [5, 5.41) is 4.01. The zero-order chi connectivity index (χ0) is 27.4. The molecule has 1 N–H and O–H groups in total. The van der Waals surface area contributed by atoms with Gasteiger partial charge in [-0.05, 0) is 78.5 Å². The number of hydrogen-bond donors (Lipinski definition) is 1. The lowest BCUT2D eigenvalue weighted by Gasteiger charge is -2.40. The van der Waals surface area contributed by atoms with E-state index in [1.165, 1.54) is 18.4 Å². The van der Waals surface area contributed by atoms with Crippen LogP contribution in [0.4, 0.5) is 0 Å². The molecule has 1 saturated carbocycles. The van der Waals surface area contributed by atoms with E-state index in [9.17, 15) is 9.59 Å². The van der Waals surface area contributed by atoms with Crippen LogP contribution in [0.25, 0.3) is 16.8 Å². The van der Waals surface area contributed by atoms with Crippen molar-refractivity contribution < 1.29 is 4.52 Å². The van der Waals surface area contributed by atoms with E-state index in [0.29, 0.717) is 23.1 Å². The van der Waals surface area contributed by atoms with Gasteiger partial charge in [0.1, 0.15) is 5.82 Å². The fourth-order valence-electron chi connectivity index (χ4n) is 6.19. The van der Waals surface area contributed by atoms with Crippen LogP contribution >= 0.6 is 0 Å². The molecule has 1 unspecified atom stereocenters. The van der Waals surface area contributed by atoms with Crippen molar-refractivity contribution in [3.63, 3.8) is 0 Å². The molecular formula is C33H30N4O3. The van der Waals surface area contributed by atoms with E-state index in [-0.39, 0.29) is 11.5 Å². The van der Waals surface area contributed by atoms with Gasteiger partial charge in [0.25, 0.3) is 5.56 Å². The first kappa shape index (κ1) is 24.5. The number of unbranched alkanes of at least 4 members (excludes halogenated alkanes) is 1. The first-order valence-corrected chi connectivity index (χ1v) is 14.1. The molecule has 0 saturated heterocycles. The molecule has 7 nitrogen and oxygen atoms in total. The van der Waals surface area contributed by atoms with E-state index in [1.54, 1.807) is 4.57 Å². The number of nitrogens with one attached hydrogen (secondary N) is 1. The van der Waals surface area contributed by atoms with Crippen molar-refractivity contribution in [1.82, 2.24) is 19.7 Å². The van der Waals surface area contributed by atoms with Crippen LogP contribution in [0.2, 0.25) is 0 Å². The highest BCUT2D eigenvalue weighted by Crippen LogP contribution is 2.58. The Balaban J connectivity index is 1.44. The van der Waals surface area contributed by atoms with Gasteiger partial charge in [-0.2, -0.15) is 0 Å². The molecule has 4 aromatic rings. The van der Waals surface area contributed by atoms with Gasteiger partial charge < -0.3 is 0 Å². The smallest absolute Gasteiger partial charge is 0.296 e. The summed E-state index contributed by atoms with van der Waals surface area (Å²) in [6, 6.07) is 18.4. The lowest BCUT2D eigenvalue weighted by atomic mass is 9.62. The molecule has 3 aliphatic carbocycles. The van der Waals surface area contributed by atoms with Gasteiger partial charge in [-0.1, -0.05) is 73.1 Å². The molecule has 2 heterocycles. The fourth-order valence-corrected chi connectivity index (χ4v) is 6.19. The Hall–Kier alpha value is -4.52. The van der Waals surface area contributed by atoms with E-state index >= 15 is 0 Å². The highest BCUT2D eigenvalue weighted by atomic mass is 16.5. The van der Waals surface area contributed by atoms with Crippen LogP contribution in [0.3, 0.4) is 0 Å². The minimum atomic E-state index is -0.603. The maximum atomic E-state index is 14.6. The van der Waals surface area contributed by atoms with Gasteiger partial charge in [0.05, 0.1) is 16.9 Å². The number of allylic oxidation sites excluding steroid dienone is 6. The molecule has 3 aliphatic rings. The van der Waals surface area contributed by atoms with Gasteiger partial charge in [-0.25, -0.2) is 9.78 Å². The summed E-state index contributed by atoms with van der Waals surface area (Å²) in [7, 11) is 0. The van der Waals surface area contributed by atoms with Crippen LogP contribution in [-0.4, -0.2) is 19.7 Å². The minimum Gasteiger partial charge on any atom is -0.296 e. The van der Waals surface area contributed by atoms with E-state index < -0.39 is 5.76 Å². The van der Waals surface area contributed by atoms with Crippen LogP contribution in [0.1, 0.15) is 78.5 Å². The van der Waals surface area contributed by atoms with Crippen molar-refractivity contribution in [3.05, 3.63) is 133 Å². The average Bonchev–Trinajstić information content (AvgIpc) is 3.74. The van der Waals surface area contributed by atoms with Crippen LogP contribution in [-0.2, 0) is 6.42 Å². The summed E-state index contributed by atoms with van der Waals surface area (Å²) in [6.07, 6.45) is 9.19. The van der Waals surface area contributed by atoms with E-state index in [4.69, 9.17) is 9.51 Å². The molecule has 200 valence electrons. The van der Waals surface area contributed by atoms with E-state index in [0.717, 1.165) is 58.5 Å². The molecule has 0 amide bonds. The molecule has 1 atom stereocenters. The Morgan fingerprint density at radius 2 is 1.88 bits per heavy atom. The summed E-state index contributed by atoms with van der Waals surface area (Å²) >= 11 is 0. The van der Waals surface area contributed by atoms with Crippen molar-refractivity contribution in [3.8, 4) is 5.69 Å². The number of rotatable bonds is 8. The van der Waals surface area contributed by atoms with Gasteiger partial charge in [0.2, 0.25) is 0 Å². The second kappa shape index (κ2) is 9.59. The largest absolute Gasteiger partial charge is 0.439 e. The maximum absolute atomic E-state index is 14.6. The maximum Gasteiger partial charge on any atom is 0.439 e. The molecule has 2 aromatic heterocycles. The molecule has 2 bridgehead atoms. The summed E-state index contributed by atoms with van der Waals surface area (Å²) < 4.78 is 6.65. The quantitative estimate of drug-likeness (QED) is 0.301. The Labute approximate surface area is 231 Å². The van der Waals surface area contributed by atoms with Crippen molar-refractivity contribution in [2.75, 3.05) is 0 Å². The number of fused-ring (bicyclic) bond motifs is 2. The number of H-pyrrole nitrogens is 1. The normalized spacial score (nSPS) is 17.9. The third-order valence-corrected chi connectivity index (χ3v) is 8.24. The van der Waals surface area contributed by atoms with Gasteiger partial charge in [0, 0.05) is 11.5 Å². The average molecular weight is 531 g/mol. The minimum absolute atomic E-state index is 0.0399. The first-order chi connectivity index (χ1) is 19.5. The van der Waals surface area contributed by atoms with Crippen molar-refractivity contribution >= 4 is 11.1 Å². The molecule has 7 rings (SSSR count). The van der Waals surface area contributed by atoms with Crippen LogP contribution in [0, 0.1) is 6.92 Å². The second-order valence-corrected chi connectivity index (χ2v) is 10.9. The van der Waals surface area contributed by atoms with Crippen LogP contribution < -0.4 is 11.3 Å². The zero-order valence-electron chi connectivity index (χ0n) is 22.6. The summed E-state index contributed by atoms with van der Waals surface area (Å²) in [6.45, 7) is 4.07. The Morgan fingerprint density at radius 3 is 2.60 bits per heavy atom. The Kier molecular flexibility index (Phi) is 5.88. The van der Waals surface area contributed by atoms with Gasteiger partial charge in [-0.3, -0.25) is 18.9 Å². The van der Waals surface area contributed by atoms with Gasteiger partial charge in [-0.15, -0.1) is 0 Å². The lowest BCUT2D eigenvalue weighted by Crippen LogP contribution is -2.35. The third-order valence-electron chi connectivity index (χ3n) is 8.24. The molecular weight excluding hydrogens is 500 g/mol. The number of aromatic nitrogens is 4. The zero-order valence-corrected chi connectivity index (χ0v) is 22.6. The van der Waals surface area contributed by atoms with Crippen molar-refractivity contribution in [2.24, 2.45) is 0 Å². The number of nitrogens with zero attached hydrogens (tertiary/aromatic N) is 3. The summed E-state index contributed by atoms with van der Waals surface area (Å²) in [5.74, 6) is 0.783. The van der Waals surface area contributed by atoms with Crippen LogP contribution in [0.5, 0.6) is 0 Å². The third kappa shape index (κ3) is 3.96. The molecule has 0 spiro atoms. The topological polar surface area (TPSA) is 93.8 Å². The number of benzene rings is 2. The number of aryl methyl sites for hydroxylation is 2. The highest BCUT2D eigenvalue weighted by molar-refractivity contribution is 6.06. The molecule has 0 aliphatic heterocycles. The molecule has 2 aromatic carbocycles. The van der Waals surface area contributed by atoms with Crippen molar-refractivity contribution in [1.29, 1.82) is 0 Å². The summed E-state index contributed by atoms with van der Waals surface area (Å²) in [5.41, 5.74) is 8.40. The lowest BCUT2D eigenvalue weighted by molar-refractivity contribution is 0.385. The van der Waals surface area contributed by atoms with E-state index in [2.05, 4.69) is 47.4 Å². The van der Waals surface area contributed by atoms with Crippen LogP contribution in [0.15, 0.2) is 92.0 Å². The Morgan fingerprint density at radius 1 is 1.05 bits per heavy atom. The van der Waals surface area contributed by atoms with Crippen molar-refractivity contribution in [2.45, 2.75) is 57.8 Å². The van der Waals surface area contributed by atoms with Gasteiger partial charge in [0.15, 0.2) is 5.82 Å². The molecule has 0 radical (unpaired) electrons. The number of hydrogen-bond acceptors (Lipinski definition) is 5. The Bertz CT molecular complexity index is 1850. The molecule has 1 fully saturated rings. The second-order valence-electron chi connectivity index (χ2n) is 10.9. The SMILES string of the molecule is CCCCc1nc(C)n(-c2cccc(C3CC3)c2)c(=O)c1C1c2ccc(-c3ccccc3)c1c2-c1noc(=O)[nH]1. The van der Waals surface area contributed by atoms with E-state index in [1.807, 2.05) is 43.3 Å². The standard InChI is InChI=1S/C33H30N4O3/c1-3-4-13-26-30(32(38)37(19(2)34-26)23-12-8-11-22(18-23)20-14-15-20)28-25-17-16-24(21-9-6-5-7-10-21)27(28)29(25)31-35-33(39)40-36-31/h5-12,16-18,20,28H,3-4,13-15H2,1-2H3,(H,35,36,39). The highest BCUT2D eigenvalue weighted by Gasteiger charge is 2.45. The fraction of sp³-hybridized carbons (Fsp3) is 0.273. The van der Waals surface area contributed by atoms with Gasteiger partial charge >= 0.3 is 5.76 Å².